The molecule has 2 aromatic heterocycles. The summed E-state index contributed by atoms with van der Waals surface area (Å²) in [6.45, 7) is 1.40. The molecule has 4 aromatic rings. The second kappa shape index (κ2) is 9.46. The zero-order valence-corrected chi connectivity index (χ0v) is 19.4. The predicted molar refractivity (Wildman–Crippen MR) is 133 cm³/mol. The van der Waals surface area contributed by atoms with Crippen molar-refractivity contribution in [3.63, 3.8) is 0 Å². The summed E-state index contributed by atoms with van der Waals surface area (Å²) in [7, 11) is 1.96. The lowest BCUT2D eigenvalue weighted by atomic mass is 9.97. The number of benzene rings is 2. The Morgan fingerprint density at radius 1 is 1.11 bits per heavy atom. The van der Waals surface area contributed by atoms with E-state index in [1.165, 1.54) is 6.20 Å². The van der Waals surface area contributed by atoms with Gasteiger partial charge in [-0.2, -0.15) is 18.3 Å². The summed E-state index contributed by atoms with van der Waals surface area (Å²) in [5, 5.41) is 13.5. The Hall–Kier alpha value is -4.18. The van der Waals surface area contributed by atoms with Crippen molar-refractivity contribution in [1.82, 2.24) is 20.1 Å². The van der Waals surface area contributed by atoms with Gasteiger partial charge in [0.25, 0.3) is 5.91 Å². The zero-order chi connectivity index (χ0) is 25.3. The van der Waals surface area contributed by atoms with Gasteiger partial charge in [-0.3, -0.25) is 9.89 Å². The van der Waals surface area contributed by atoms with Gasteiger partial charge < -0.3 is 15.5 Å². The number of anilines is 3. The molecule has 2 aromatic carbocycles. The highest BCUT2D eigenvalue weighted by molar-refractivity contribution is 6.08. The Morgan fingerprint density at radius 2 is 1.97 bits per heavy atom. The van der Waals surface area contributed by atoms with E-state index >= 15 is 0 Å². The van der Waals surface area contributed by atoms with E-state index in [-0.39, 0.29) is 17.1 Å². The lowest BCUT2D eigenvalue weighted by Crippen LogP contribution is -2.23. The second-order valence-corrected chi connectivity index (χ2v) is 8.69. The minimum Gasteiger partial charge on any atom is -0.340 e. The van der Waals surface area contributed by atoms with Gasteiger partial charge in [0.1, 0.15) is 5.82 Å². The normalized spacial score (nSPS) is 14.5. The maximum atomic E-state index is 13.7. The molecule has 0 unspecified atom stereocenters. The SMILES string of the molecule is CN1CC=C(c2cc(NC(=O)c3cccnc3Nc3ccc4cn[nH]c4c3)cc(C(F)(F)F)c2)CC1. The van der Waals surface area contributed by atoms with Gasteiger partial charge in [-0.05, 0) is 73.1 Å². The Labute approximate surface area is 205 Å². The molecule has 7 nitrogen and oxygen atoms in total. The zero-order valence-electron chi connectivity index (χ0n) is 19.4. The van der Waals surface area contributed by atoms with E-state index < -0.39 is 17.6 Å². The molecule has 3 heterocycles. The number of nitrogens with zero attached hydrogens (tertiary/aromatic N) is 3. The Morgan fingerprint density at radius 3 is 2.75 bits per heavy atom. The number of alkyl halides is 3. The number of carbonyl (C=O) groups is 1. The summed E-state index contributed by atoms with van der Waals surface area (Å²) < 4.78 is 41.0. The van der Waals surface area contributed by atoms with E-state index in [1.807, 2.05) is 31.3 Å². The first-order valence-electron chi connectivity index (χ1n) is 11.3. The highest BCUT2D eigenvalue weighted by atomic mass is 19.4. The molecule has 1 amide bonds. The molecule has 0 saturated carbocycles. The van der Waals surface area contributed by atoms with Crippen molar-refractivity contribution >= 4 is 39.6 Å². The molecule has 0 atom stereocenters. The molecule has 5 rings (SSSR count). The lowest BCUT2D eigenvalue weighted by molar-refractivity contribution is -0.137. The highest BCUT2D eigenvalue weighted by Gasteiger charge is 2.32. The van der Waals surface area contributed by atoms with Crippen molar-refractivity contribution in [1.29, 1.82) is 0 Å². The number of pyridine rings is 1. The minimum atomic E-state index is -4.55. The molecule has 0 bridgehead atoms. The first-order valence-corrected chi connectivity index (χ1v) is 11.3. The summed E-state index contributed by atoms with van der Waals surface area (Å²) in [4.78, 5) is 19.5. The standard InChI is InChI=1S/C26H23F3N6O/c1-35-9-6-16(7-10-35)18-11-19(26(27,28)29)13-21(12-18)33-25(36)22-3-2-8-30-24(22)32-20-5-4-17-15-31-34-23(17)14-20/h2-6,8,11-15H,7,9-10H2,1H3,(H,30,32)(H,31,34)(H,33,36). The van der Waals surface area contributed by atoms with Crippen LogP contribution in [0, 0.1) is 0 Å². The van der Waals surface area contributed by atoms with Crippen molar-refractivity contribution in [3.05, 3.63) is 83.7 Å². The van der Waals surface area contributed by atoms with Crippen molar-refractivity contribution in [2.75, 3.05) is 30.8 Å². The van der Waals surface area contributed by atoms with Crippen molar-refractivity contribution in [2.45, 2.75) is 12.6 Å². The summed E-state index contributed by atoms with van der Waals surface area (Å²) in [6.07, 6.45) is 1.23. The monoisotopic (exact) mass is 492 g/mol. The number of halogens is 3. The molecular formula is C26H23F3N6O. The van der Waals surface area contributed by atoms with Crippen molar-refractivity contribution < 1.29 is 18.0 Å². The number of H-pyrrole nitrogens is 1. The lowest BCUT2D eigenvalue weighted by Gasteiger charge is -2.23. The van der Waals surface area contributed by atoms with Crippen LogP contribution in [-0.2, 0) is 6.18 Å². The fourth-order valence-corrected chi connectivity index (χ4v) is 4.12. The van der Waals surface area contributed by atoms with Crippen molar-refractivity contribution in [3.8, 4) is 0 Å². The number of hydrogen-bond acceptors (Lipinski definition) is 5. The molecule has 0 saturated heterocycles. The van der Waals surface area contributed by atoms with Gasteiger partial charge in [-0.25, -0.2) is 4.98 Å². The smallest absolute Gasteiger partial charge is 0.340 e. The number of rotatable bonds is 5. The average Bonchev–Trinajstić information content (AvgIpc) is 3.32. The van der Waals surface area contributed by atoms with Gasteiger partial charge in [0.15, 0.2) is 0 Å². The van der Waals surface area contributed by atoms with Crippen LogP contribution in [0.3, 0.4) is 0 Å². The molecular weight excluding hydrogens is 469 g/mol. The predicted octanol–water partition coefficient (Wildman–Crippen LogP) is 5.69. The maximum Gasteiger partial charge on any atom is 0.416 e. The molecule has 0 radical (unpaired) electrons. The van der Waals surface area contributed by atoms with E-state index in [2.05, 4.69) is 30.7 Å². The number of amides is 1. The van der Waals surface area contributed by atoms with E-state index in [4.69, 9.17) is 0 Å². The van der Waals surface area contributed by atoms with Gasteiger partial charge in [-0.15, -0.1) is 0 Å². The number of aromatic nitrogens is 3. The quantitative estimate of drug-likeness (QED) is 0.333. The first-order chi connectivity index (χ1) is 17.3. The summed E-state index contributed by atoms with van der Waals surface area (Å²) in [5.41, 5.74) is 2.21. The second-order valence-electron chi connectivity index (χ2n) is 8.69. The van der Waals surface area contributed by atoms with E-state index in [1.54, 1.807) is 24.4 Å². The largest absolute Gasteiger partial charge is 0.416 e. The first kappa shape index (κ1) is 23.6. The molecule has 0 aliphatic carbocycles. The maximum absolute atomic E-state index is 13.7. The third-order valence-corrected chi connectivity index (χ3v) is 6.06. The number of nitrogens with one attached hydrogen (secondary N) is 3. The van der Waals surface area contributed by atoms with Gasteiger partial charge in [0.2, 0.25) is 0 Å². The van der Waals surface area contributed by atoms with Crippen LogP contribution in [0.15, 0.2) is 67.0 Å². The van der Waals surface area contributed by atoms with Crippen molar-refractivity contribution in [2.24, 2.45) is 0 Å². The van der Waals surface area contributed by atoms with E-state index in [0.717, 1.165) is 35.2 Å². The van der Waals surface area contributed by atoms with Gasteiger partial charge in [0.05, 0.1) is 22.8 Å². The van der Waals surface area contributed by atoms with Crippen LogP contribution >= 0.6 is 0 Å². The molecule has 1 aliphatic rings. The summed E-state index contributed by atoms with van der Waals surface area (Å²) in [5.74, 6) is -0.296. The fraction of sp³-hybridized carbons (Fsp3) is 0.192. The molecule has 3 N–H and O–H groups in total. The third kappa shape index (κ3) is 5.08. The number of hydrogen-bond donors (Lipinski definition) is 3. The number of fused-ring (bicyclic) bond motifs is 1. The van der Waals surface area contributed by atoms with Crippen LogP contribution in [-0.4, -0.2) is 46.1 Å². The number of likely N-dealkylation sites (N-methyl/N-ethyl adjacent to an activating group) is 1. The van der Waals surface area contributed by atoms with Crippen LogP contribution in [0.25, 0.3) is 16.5 Å². The Kier molecular flexibility index (Phi) is 6.19. The Bertz CT molecular complexity index is 1460. The summed E-state index contributed by atoms with van der Waals surface area (Å²) in [6, 6.07) is 12.3. The molecule has 10 heteroatoms. The molecule has 1 aliphatic heterocycles. The third-order valence-electron chi connectivity index (χ3n) is 6.06. The van der Waals surface area contributed by atoms with E-state index in [0.29, 0.717) is 24.2 Å². The van der Waals surface area contributed by atoms with E-state index in [9.17, 15) is 18.0 Å². The molecule has 184 valence electrons. The van der Waals surface area contributed by atoms with Crippen LogP contribution in [0.2, 0.25) is 0 Å². The highest BCUT2D eigenvalue weighted by Crippen LogP contribution is 2.35. The average molecular weight is 493 g/mol. The molecule has 0 spiro atoms. The van der Waals surface area contributed by atoms with Crippen LogP contribution in [0.1, 0.15) is 27.9 Å². The molecule has 36 heavy (non-hydrogen) atoms. The Balaban J connectivity index is 1.43. The fourth-order valence-electron chi connectivity index (χ4n) is 4.12. The molecule has 0 fully saturated rings. The topological polar surface area (TPSA) is 85.9 Å². The van der Waals surface area contributed by atoms with Gasteiger partial charge in [0, 0.05) is 36.0 Å². The van der Waals surface area contributed by atoms with Gasteiger partial charge in [-0.1, -0.05) is 6.08 Å². The van der Waals surface area contributed by atoms with Crippen LogP contribution in [0.5, 0.6) is 0 Å². The van der Waals surface area contributed by atoms with Crippen LogP contribution in [0.4, 0.5) is 30.4 Å². The summed E-state index contributed by atoms with van der Waals surface area (Å²) >= 11 is 0. The number of carbonyl (C=O) groups excluding carboxylic acids is 1. The van der Waals surface area contributed by atoms with Crippen LogP contribution < -0.4 is 10.6 Å². The number of aromatic amines is 1. The van der Waals surface area contributed by atoms with Gasteiger partial charge >= 0.3 is 6.18 Å². The minimum absolute atomic E-state index is 0.0679.